The minimum absolute atomic E-state index is 0.0106. The van der Waals surface area contributed by atoms with E-state index in [1.165, 1.54) is 37.7 Å². The van der Waals surface area contributed by atoms with Crippen molar-refractivity contribution in [2.45, 2.75) is 44.6 Å². The Kier molecular flexibility index (Phi) is 4.23. The molecule has 0 spiro atoms. The van der Waals surface area contributed by atoms with E-state index in [1.807, 2.05) is 24.3 Å². The minimum atomic E-state index is 0.0106. The molecule has 4 heteroatoms. The van der Waals surface area contributed by atoms with Crippen molar-refractivity contribution in [3.05, 3.63) is 34.9 Å². The van der Waals surface area contributed by atoms with Gasteiger partial charge in [0.25, 0.3) is 0 Å². The maximum Gasteiger partial charge on any atom is 0.315 e. The van der Waals surface area contributed by atoms with Gasteiger partial charge in [-0.2, -0.15) is 0 Å². The van der Waals surface area contributed by atoms with E-state index in [9.17, 15) is 4.79 Å². The standard InChI is InChI=1S/C19H25ClN2O/c20-17-3-1-12(2-4-17)5-6-21-19(23)22-18-15-8-13-7-14(10-15)11-16(18)9-13/h1-4,13-16,18H,5-11H2,(H2,21,22,23). The molecule has 0 atom stereocenters. The van der Waals surface area contributed by atoms with Crippen LogP contribution in [-0.4, -0.2) is 18.6 Å². The highest BCUT2D eigenvalue weighted by atomic mass is 35.5. The molecule has 3 nitrogen and oxygen atoms in total. The largest absolute Gasteiger partial charge is 0.338 e. The minimum Gasteiger partial charge on any atom is -0.338 e. The number of benzene rings is 1. The van der Waals surface area contributed by atoms with Gasteiger partial charge in [-0.25, -0.2) is 4.79 Å². The lowest BCUT2D eigenvalue weighted by molar-refractivity contribution is -0.00940. The molecule has 124 valence electrons. The fourth-order valence-corrected chi connectivity index (χ4v) is 5.46. The first-order chi connectivity index (χ1) is 11.2. The molecule has 0 saturated heterocycles. The lowest BCUT2D eigenvalue weighted by Crippen LogP contribution is -2.57. The van der Waals surface area contributed by atoms with Crippen molar-refractivity contribution in [2.24, 2.45) is 23.7 Å². The summed E-state index contributed by atoms with van der Waals surface area (Å²) in [6, 6.07) is 8.24. The first-order valence-corrected chi connectivity index (χ1v) is 9.34. The number of urea groups is 1. The number of carbonyl (C=O) groups is 1. The van der Waals surface area contributed by atoms with Crippen LogP contribution in [0, 0.1) is 23.7 Å². The number of carbonyl (C=O) groups excluding carboxylic acids is 1. The van der Waals surface area contributed by atoms with Gasteiger partial charge >= 0.3 is 6.03 Å². The van der Waals surface area contributed by atoms with Gasteiger partial charge in [-0.05, 0) is 79.9 Å². The summed E-state index contributed by atoms with van der Waals surface area (Å²) in [6.07, 6.45) is 7.64. The van der Waals surface area contributed by atoms with Crippen LogP contribution in [0.15, 0.2) is 24.3 Å². The lowest BCUT2D eigenvalue weighted by atomic mass is 9.54. The molecule has 4 bridgehead atoms. The van der Waals surface area contributed by atoms with Gasteiger partial charge in [0, 0.05) is 17.6 Å². The van der Waals surface area contributed by atoms with Crippen molar-refractivity contribution in [1.82, 2.24) is 10.6 Å². The molecule has 1 aromatic carbocycles. The first kappa shape index (κ1) is 15.3. The van der Waals surface area contributed by atoms with E-state index in [2.05, 4.69) is 10.6 Å². The topological polar surface area (TPSA) is 41.1 Å². The van der Waals surface area contributed by atoms with Crippen LogP contribution < -0.4 is 10.6 Å². The summed E-state index contributed by atoms with van der Waals surface area (Å²) in [5.74, 6) is 3.36. The van der Waals surface area contributed by atoms with Crippen LogP contribution in [0.25, 0.3) is 0 Å². The van der Waals surface area contributed by atoms with Gasteiger partial charge in [-0.15, -0.1) is 0 Å². The predicted molar refractivity (Wildman–Crippen MR) is 92.5 cm³/mol. The molecule has 2 N–H and O–H groups in total. The summed E-state index contributed by atoms with van der Waals surface area (Å²) < 4.78 is 0. The second-order valence-corrected chi connectivity index (χ2v) is 8.17. The van der Waals surface area contributed by atoms with E-state index in [0.717, 1.165) is 35.1 Å². The SMILES string of the molecule is O=C(NCCc1ccc(Cl)cc1)NC1C2CC3CC(C2)CC1C3. The summed E-state index contributed by atoms with van der Waals surface area (Å²) in [7, 11) is 0. The Bertz CT molecular complexity index is 543. The summed E-state index contributed by atoms with van der Waals surface area (Å²) >= 11 is 5.88. The van der Waals surface area contributed by atoms with E-state index in [4.69, 9.17) is 11.6 Å². The molecule has 4 aliphatic carbocycles. The van der Waals surface area contributed by atoms with Crippen molar-refractivity contribution < 1.29 is 4.79 Å². The van der Waals surface area contributed by atoms with E-state index in [-0.39, 0.29) is 6.03 Å². The summed E-state index contributed by atoms with van der Waals surface area (Å²) in [5.41, 5.74) is 1.20. The Labute approximate surface area is 143 Å². The average molecular weight is 333 g/mol. The molecule has 2 amide bonds. The second-order valence-electron chi connectivity index (χ2n) is 7.73. The van der Waals surface area contributed by atoms with Crippen LogP contribution in [0.1, 0.15) is 37.7 Å². The van der Waals surface area contributed by atoms with Gasteiger partial charge in [0.05, 0.1) is 0 Å². The monoisotopic (exact) mass is 332 g/mol. The lowest BCUT2D eigenvalue weighted by Gasteiger charge is -2.54. The highest BCUT2D eigenvalue weighted by Crippen LogP contribution is 2.53. The van der Waals surface area contributed by atoms with E-state index in [0.29, 0.717) is 12.6 Å². The fourth-order valence-electron chi connectivity index (χ4n) is 5.33. The van der Waals surface area contributed by atoms with Gasteiger partial charge in [0.2, 0.25) is 0 Å². The molecule has 5 rings (SSSR count). The van der Waals surface area contributed by atoms with E-state index >= 15 is 0 Å². The smallest absolute Gasteiger partial charge is 0.315 e. The molecule has 0 heterocycles. The molecular formula is C19H25ClN2O. The molecular weight excluding hydrogens is 308 g/mol. The first-order valence-electron chi connectivity index (χ1n) is 8.96. The number of amides is 2. The molecule has 4 aliphatic rings. The number of hydrogen-bond acceptors (Lipinski definition) is 1. The number of hydrogen-bond donors (Lipinski definition) is 2. The quantitative estimate of drug-likeness (QED) is 0.859. The van der Waals surface area contributed by atoms with Crippen molar-refractivity contribution >= 4 is 17.6 Å². The van der Waals surface area contributed by atoms with Gasteiger partial charge < -0.3 is 10.6 Å². The normalized spacial score (nSPS) is 34.4. The van der Waals surface area contributed by atoms with Crippen LogP contribution in [0.2, 0.25) is 5.02 Å². The molecule has 23 heavy (non-hydrogen) atoms. The van der Waals surface area contributed by atoms with Crippen molar-refractivity contribution in [1.29, 1.82) is 0 Å². The van der Waals surface area contributed by atoms with Gasteiger partial charge in [-0.3, -0.25) is 0 Å². The Morgan fingerprint density at radius 1 is 1.00 bits per heavy atom. The third-order valence-corrected chi connectivity index (χ3v) is 6.39. The van der Waals surface area contributed by atoms with Crippen molar-refractivity contribution in [3.63, 3.8) is 0 Å². The summed E-state index contributed by atoms with van der Waals surface area (Å²) in [5, 5.41) is 7.06. The third kappa shape index (κ3) is 3.35. The van der Waals surface area contributed by atoms with Gasteiger partial charge in [0.15, 0.2) is 0 Å². The third-order valence-electron chi connectivity index (χ3n) is 6.14. The number of rotatable bonds is 4. The van der Waals surface area contributed by atoms with Gasteiger partial charge in [-0.1, -0.05) is 23.7 Å². The number of halogens is 1. The Balaban J connectivity index is 1.25. The van der Waals surface area contributed by atoms with Crippen molar-refractivity contribution in [3.8, 4) is 0 Å². The van der Waals surface area contributed by atoms with Gasteiger partial charge in [0.1, 0.15) is 0 Å². The zero-order valence-corrected chi connectivity index (χ0v) is 14.2. The number of nitrogens with one attached hydrogen (secondary N) is 2. The fraction of sp³-hybridized carbons (Fsp3) is 0.632. The summed E-state index contributed by atoms with van der Waals surface area (Å²) in [4.78, 5) is 12.2. The molecule has 0 radical (unpaired) electrons. The Hall–Kier alpha value is -1.22. The van der Waals surface area contributed by atoms with Crippen LogP contribution >= 0.6 is 11.6 Å². The van der Waals surface area contributed by atoms with Crippen LogP contribution in [0.3, 0.4) is 0 Å². The highest BCUT2D eigenvalue weighted by Gasteiger charge is 2.48. The second kappa shape index (κ2) is 6.35. The zero-order valence-electron chi connectivity index (χ0n) is 13.4. The maximum atomic E-state index is 12.2. The molecule has 0 unspecified atom stereocenters. The Morgan fingerprint density at radius 3 is 2.22 bits per heavy atom. The maximum absolute atomic E-state index is 12.2. The van der Waals surface area contributed by atoms with E-state index in [1.54, 1.807) is 0 Å². The zero-order chi connectivity index (χ0) is 15.8. The van der Waals surface area contributed by atoms with Crippen LogP contribution in [0.4, 0.5) is 4.79 Å². The van der Waals surface area contributed by atoms with Crippen LogP contribution in [-0.2, 0) is 6.42 Å². The molecule has 4 fully saturated rings. The summed E-state index contributed by atoms with van der Waals surface area (Å²) in [6.45, 7) is 0.667. The molecule has 0 aliphatic heterocycles. The molecule has 4 saturated carbocycles. The average Bonchev–Trinajstić information content (AvgIpc) is 2.52. The van der Waals surface area contributed by atoms with E-state index < -0.39 is 0 Å². The van der Waals surface area contributed by atoms with Crippen molar-refractivity contribution in [2.75, 3.05) is 6.54 Å². The predicted octanol–water partition coefficient (Wildman–Crippen LogP) is 4.01. The highest BCUT2D eigenvalue weighted by molar-refractivity contribution is 6.30. The molecule has 1 aromatic rings. The molecule has 0 aromatic heterocycles. The van der Waals surface area contributed by atoms with Crippen LogP contribution in [0.5, 0.6) is 0 Å². The Morgan fingerprint density at radius 2 is 1.61 bits per heavy atom.